The monoisotopic (exact) mass is 261 g/mol. The summed E-state index contributed by atoms with van der Waals surface area (Å²) in [6.45, 7) is 6.91. The van der Waals surface area contributed by atoms with E-state index in [9.17, 15) is 4.39 Å². The summed E-state index contributed by atoms with van der Waals surface area (Å²) in [5.41, 5.74) is 3.29. The van der Waals surface area contributed by atoms with Crippen molar-refractivity contribution in [3.8, 4) is 0 Å². The maximum absolute atomic E-state index is 13.4. The smallest absolute Gasteiger partial charge is 0.123 e. The highest BCUT2D eigenvalue weighted by Gasteiger charge is 2.16. The van der Waals surface area contributed by atoms with E-state index < -0.39 is 0 Å². The van der Waals surface area contributed by atoms with Gasteiger partial charge in [-0.1, -0.05) is 13.0 Å². The van der Waals surface area contributed by atoms with E-state index in [1.807, 2.05) is 26.0 Å². The third-order valence-electron chi connectivity index (χ3n) is 3.46. The van der Waals surface area contributed by atoms with E-state index in [1.54, 1.807) is 12.3 Å². The minimum Gasteiger partial charge on any atom is -0.469 e. The van der Waals surface area contributed by atoms with Crippen LogP contribution in [0.4, 0.5) is 4.39 Å². The van der Waals surface area contributed by atoms with Crippen molar-refractivity contribution in [3.05, 3.63) is 58.8 Å². The quantitative estimate of drug-likeness (QED) is 0.882. The average Bonchev–Trinajstić information content (AvgIpc) is 2.79. The summed E-state index contributed by atoms with van der Waals surface area (Å²) in [6, 6.07) is 7.09. The molecule has 1 heterocycles. The number of furan rings is 1. The van der Waals surface area contributed by atoms with Crippen LogP contribution in [-0.4, -0.2) is 6.54 Å². The number of hydrogen-bond donors (Lipinski definition) is 1. The predicted octanol–water partition coefficient (Wildman–Crippen LogP) is 3.93. The molecule has 0 aliphatic carbocycles. The van der Waals surface area contributed by atoms with E-state index in [2.05, 4.69) is 12.2 Å². The Morgan fingerprint density at radius 3 is 2.68 bits per heavy atom. The molecule has 0 fully saturated rings. The number of rotatable bonds is 5. The fourth-order valence-electron chi connectivity index (χ4n) is 2.37. The molecule has 19 heavy (non-hydrogen) atoms. The van der Waals surface area contributed by atoms with Gasteiger partial charge in [0.25, 0.3) is 0 Å². The van der Waals surface area contributed by atoms with Gasteiger partial charge in [-0.3, -0.25) is 0 Å². The van der Waals surface area contributed by atoms with Crippen LogP contribution in [0.5, 0.6) is 0 Å². The van der Waals surface area contributed by atoms with Crippen LogP contribution in [0.3, 0.4) is 0 Å². The number of nitrogens with one attached hydrogen (secondary N) is 1. The van der Waals surface area contributed by atoms with Gasteiger partial charge >= 0.3 is 0 Å². The molecule has 0 radical (unpaired) electrons. The van der Waals surface area contributed by atoms with Crippen molar-refractivity contribution in [2.24, 2.45) is 0 Å². The molecule has 2 nitrogen and oxygen atoms in total. The molecule has 1 atom stereocenters. The molecule has 2 aromatic rings. The molecule has 1 N–H and O–H groups in total. The zero-order valence-corrected chi connectivity index (χ0v) is 11.7. The largest absolute Gasteiger partial charge is 0.469 e. The van der Waals surface area contributed by atoms with Gasteiger partial charge in [0.1, 0.15) is 11.6 Å². The molecule has 0 saturated heterocycles. The van der Waals surface area contributed by atoms with Gasteiger partial charge in [0.2, 0.25) is 0 Å². The van der Waals surface area contributed by atoms with E-state index in [0.717, 1.165) is 35.4 Å². The third-order valence-corrected chi connectivity index (χ3v) is 3.46. The summed E-state index contributed by atoms with van der Waals surface area (Å²) < 4.78 is 18.7. The number of likely N-dealkylation sites (N-methyl/N-ethyl adjacent to an activating group) is 1. The number of hydrogen-bond acceptors (Lipinski definition) is 2. The minimum absolute atomic E-state index is 0.157. The average molecular weight is 261 g/mol. The molecule has 1 unspecified atom stereocenters. The maximum atomic E-state index is 13.4. The first-order chi connectivity index (χ1) is 9.11. The SMILES string of the molecule is CCNC(Cc1cc(F)ccc1C)c1ccoc1C. The van der Waals surface area contributed by atoms with Crippen molar-refractivity contribution >= 4 is 0 Å². The fourth-order valence-corrected chi connectivity index (χ4v) is 2.37. The molecular weight excluding hydrogens is 241 g/mol. The van der Waals surface area contributed by atoms with Crippen molar-refractivity contribution in [2.75, 3.05) is 6.54 Å². The fraction of sp³-hybridized carbons (Fsp3) is 0.375. The summed E-state index contributed by atoms with van der Waals surface area (Å²) in [5.74, 6) is 0.736. The predicted molar refractivity (Wildman–Crippen MR) is 74.7 cm³/mol. The first-order valence-corrected chi connectivity index (χ1v) is 6.64. The lowest BCUT2D eigenvalue weighted by Gasteiger charge is -2.18. The topological polar surface area (TPSA) is 25.2 Å². The second kappa shape index (κ2) is 6.02. The number of halogens is 1. The standard InChI is InChI=1S/C16H20FNO/c1-4-18-16(15-7-8-19-12(15)3)10-13-9-14(17)6-5-11(13)2/h5-9,16,18H,4,10H2,1-3H3. The molecule has 0 aliphatic heterocycles. The third kappa shape index (κ3) is 3.24. The Morgan fingerprint density at radius 1 is 1.26 bits per heavy atom. The highest BCUT2D eigenvalue weighted by molar-refractivity contribution is 5.30. The molecular formula is C16H20FNO. The Labute approximate surface area is 113 Å². The summed E-state index contributed by atoms with van der Waals surface area (Å²) in [7, 11) is 0. The van der Waals surface area contributed by atoms with Gasteiger partial charge in [0.05, 0.1) is 6.26 Å². The second-order valence-corrected chi connectivity index (χ2v) is 4.82. The van der Waals surface area contributed by atoms with Crippen molar-refractivity contribution < 1.29 is 8.81 Å². The molecule has 3 heteroatoms. The van der Waals surface area contributed by atoms with Crippen molar-refractivity contribution in [1.82, 2.24) is 5.32 Å². The van der Waals surface area contributed by atoms with Crippen LogP contribution < -0.4 is 5.32 Å². The second-order valence-electron chi connectivity index (χ2n) is 4.82. The van der Waals surface area contributed by atoms with Gasteiger partial charge in [0, 0.05) is 11.6 Å². The van der Waals surface area contributed by atoms with Crippen molar-refractivity contribution in [3.63, 3.8) is 0 Å². The van der Waals surface area contributed by atoms with Crippen LogP contribution >= 0.6 is 0 Å². The van der Waals surface area contributed by atoms with Crippen LogP contribution in [0.25, 0.3) is 0 Å². The van der Waals surface area contributed by atoms with Crippen LogP contribution in [0, 0.1) is 19.7 Å². The summed E-state index contributed by atoms with van der Waals surface area (Å²) in [4.78, 5) is 0. The van der Waals surface area contributed by atoms with Gasteiger partial charge < -0.3 is 9.73 Å². The summed E-state index contributed by atoms with van der Waals surface area (Å²) >= 11 is 0. The first kappa shape index (κ1) is 13.8. The minimum atomic E-state index is -0.181. The zero-order chi connectivity index (χ0) is 13.8. The molecule has 0 aliphatic rings. The van der Waals surface area contributed by atoms with E-state index in [-0.39, 0.29) is 11.9 Å². The van der Waals surface area contributed by atoms with Gasteiger partial charge in [-0.2, -0.15) is 0 Å². The molecule has 1 aromatic heterocycles. The molecule has 2 rings (SSSR count). The molecule has 102 valence electrons. The Morgan fingerprint density at radius 2 is 2.05 bits per heavy atom. The normalized spacial score (nSPS) is 12.6. The highest BCUT2D eigenvalue weighted by Crippen LogP contribution is 2.24. The molecule has 0 saturated carbocycles. The van der Waals surface area contributed by atoms with Gasteiger partial charge in [-0.15, -0.1) is 0 Å². The van der Waals surface area contributed by atoms with E-state index in [0.29, 0.717) is 0 Å². The van der Waals surface area contributed by atoms with E-state index >= 15 is 0 Å². The van der Waals surface area contributed by atoms with Crippen molar-refractivity contribution in [2.45, 2.75) is 33.2 Å². The van der Waals surface area contributed by atoms with Crippen LogP contribution in [-0.2, 0) is 6.42 Å². The lowest BCUT2D eigenvalue weighted by atomic mass is 9.96. The van der Waals surface area contributed by atoms with E-state index in [4.69, 9.17) is 4.42 Å². The first-order valence-electron chi connectivity index (χ1n) is 6.64. The number of benzene rings is 1. The maximum Gasteiger partial charge on any atom is 0.123 e. The zero-order valence-electron chi connectivity index (χ0n) is 11.7. The Balaban J connectivity index is 2.26. The Kier molecular flexibility index (Phi) is 4.38. The van der Waals surface area contributed by atoms with Gasteiger partial charge in [-0.25, -0.2) is 4.39 Å². The molecule has 0 bridgehead atoms. The Bertz CT molecular complexity index is 547. The van der Waals surface area contributed by atoms with Gasteiger partial charge in [0.15, 0.2) is 0 Å². The van der Waals surface area contributed by atoms with Crippen molar-refractivity contribution in [1.29, 1.82) is 0 Å². The lowest BCUT2D eigenvalue weighted by molar-refractivity contribution is 0.500. The number of aryl methyl sites for hydroxylation is 2. The molecule has 1 aromatic carbocycles. The van der Waals surface area contributed by atoms with Crippen LogP contribution in [0.2, 0.25) is 0 Å². The van der Waals surface area contributed by atoms with Gasteiger partial charge in [-0.05, 0) is 56.1 Å². The van der Waals surface area contributed by atoms with Crippen LogP contribution in [0.1, 0.15) is 35.4 Å². The Hall–Kier alpha value is -1.61. The summed E-state index contributed by atoms with van der Waals surface area (Å²) in [5, 5.41) is 3.44. The molecule has 0 spiro atoms. The highest BCUT2D eigenvalue weighted by atomic mass is 19.1. The summed E-state index contributed by atoms with van der Waals surface area (Å²) in [6.07, 6.45) is 2.46. The van der Waals surface area contributed by atoms with Crippen LogP contribution in [0.15, 0.2) is 34.9 Å². The lowest BCUT2D eigenvalue weighted by Crippen LogP contribution is -2.23. The molecule has 0 amide bonds. The van der Waals surface area contributed by atoms with E-state index in [1.165, 1.54) is 6.07 Å².